The SMILES string of the molecule is CC(C)(C)C(O)C(O)c1cccc2ccncc12. The van der Waals surface area contributed by atoms with Crippen molar-refractivity contribution >= 4 is 10.8 Å². The largest absolute Gasteiger partial charge is 0.390 e. The van der Waals surface area contributed by atoms with Gasteiger partial charge in [-0.25, -0.2) is 0 Å². The molecule has 2 atom stereocenters. The van der Waals surface area contributed by atoms with Crippen molar-refractivity contribution in [3.8, 4) is 0 Å². The molecule has 0 saturated heterocycles. The monoisotopic (exact) mass is 245 g/mol. The van der Waals surface area contributed by atoms with E-state index in [0.29, 0.717) is 0 Å². The number of aliphatic hydroxyl groups is 2. The topological polar surface area (TPSA) is 53.4 Å². The van der Waals surface area contributed by atoms with Gasteiger partial charge in [0.1, 0.15) is 6.10 Å². The Balaban J connectivity index is 2.48. The van der Waals surface area contributed by atoms with E-state index in [1.165, 1.54) is 0 Å². The van der Waals surface area contributed by atoms with Crippen molar-refractivity contribution in [2.45, 2.75) is 33.0 Å². The van der Waals surface area contributed by atoms with Crippen LogP contribution in [0.25, 0.3) is 10.8 Å². The predicted octanol–water partition coefficient (Wildman–Crippen LogP) is 2.68. The van der Waals surface area contributed by atoms with Gasteiger partial charge in [-0.1, -0.05) is 39.0 Å². The third-order valence-electron chi connectivity index (χ3n) is 3.22. The first-order chi connectivity index (χ1) is 8.41. The van der Waals surface area contributed by atoms with E-state index in [2.05, 4.69) is 4.98 Å². The van der Waals surface area contributed by atoms with Gasteiger partial charge in [-0.05, 0) is 22.4 Å². The highest BCUT2D eigenvalue weighted by Crippen LogP contribution is 2.33. The quantitative estimate of drug-likeness (QED) is 0.855. The third-order valence-corrected chi connectivity index (χ3v) is 3.22. The molecule has 2 aromatic rings. The second-order valence-corrected chi connectivity index (χ2v) is 5.70. The van der Waals surface area contributed by atoms with Crippen LogP contribution in [0.2, 0.25) is 0 Å². The number of nitrogens with zero attached hydrogens (tertiary/aromatic N) is 1. The fraction of sp³-hybridized carbons (Fsp3) is 0.400. The van der Waals surface area contributed by atoms with E-state index in [1.807, 2.05) is 45.0 Å². The van der Waals surface area contributed by atoms with Gasteiger partial charge in [-0.2, -0.15) is 0 Å². The molecule has 3 heteroatoms. The molecule has 1 aromatic carbocycles. The molecule has 0 aliphatic carbocycles. The highest BCUT2D eigenvalue weighted by atomic mass is 16.3. The van der Waals surface area contributed by atoms with E-state index >= 15 is 0 Å². The molecule has 96 valence electrons. The van der Waals surface area contributed by atoms with Gasteiger partial charge in [0.25, 0.3) is 0 Å². The first-order valence-electron chi connectivity index (χ1n) is 6.10. The normalized spacial score (nSPS) is 15.6. The number of hydrogen-bond donors (Lipinski definition) is 2. The first-order valence-corrected chi connectivity index (χ1v) is 6.10. The lowest BCUT2D eigenvalue weighted by atomic mass is 9.83. The number of hydrogen-bond acceptors (Lipinski definition) is 3. The van der Waals surface area contributed by atoms with Crippen molar-refractivity contribution in [3.05, 3.63) is 42.2 Å². The number of fused-ring (bicyclic) bond motifs is 1. The zero-order valence-electron chi connectivity index (χ0n) is 11.0. The molecule has 0 amide bonds. The molecule has 0 spiro atoms. The predicted molar refractivity (Wildman–Crippen MR) is 72.2 cm³/mol. The summed E-state index contributed by atoms with van der Waals surface area (Å²) >= 11 is 0. The summed E-state index contributed by atoms with van der Waals surface area (Å²) in [5.74, 6) is 0. The van der Waals surface area contributed by atoms with Crippen LogP contribution in [-0.2, 0) is 0 Å². The molecule has 2 N–H and O–H groups in total. The first kappa shape index (κ1) is 13.0. The Hall–Kier alpha value is -1.45. The third kappa shape index (κ3) is 2.37. The molecule has 0 radical (unpaired) electrons. The Morgan fingerprint density at radius 1 is 1.11 bits per heavy atom. The van der Waals surface area contributed by atoms with Crippen molar-refractivity contribution in [2.75, 3.05) is 0 Å². The molecule has 0 saturated carbocycles. The number of pyridine rings is 1. The lowest BCUT2D eigenvalue weighted by molar-refractivity contribution is -0.0452. The van der Waals surface area contributed by atoms with Gasteiger partial charge in [0, 0.05) is 17.8 Å². The lowest BCUT2D eigenvalue weighted by Gasteiger charge is -2.30. The van der Waals surface area contributed by atoms with Crippen molar-refractivity contribution in [2.24, 2.45) is 5.41 Å². The van der Waals surface area contributed by atoms with Crippen molar-refractivity contribution in [1.82, 2.24) is 4.98 Å². The lowest BCUT2D eigenvalue weighted by Crippen LogP contribution is -2.32. The van der Waals surface area contributed by atoms with Crippen LogP contribution in [0, 0.1) is 5.41 Å². The number of aromatic nitrogens is 1. The maximum atomic E-state index is 10.3. The highest BCUT2D eigenvalue weighted by Gasteiger charge is 2.30. The van der Waals surface area contributed by atoms with Gasteiger partial charge in [0.05, 0.1) is 6.10 Å². The molecule has 0 fully saturated rings. The van der Waals surface area contributed by atoms with E-state index in [9.17, 15) is 10.2 Å². The number of benzene rings is 1. The summed E-state index contributed by atoms with van der Waals surface area (Å²) in [6.45, 7) is 5.72. The summed E-state index contributed by atoms with van der Waals surface area (Å²) in [7, 11) is 0. The summed E-state index contributed by atoms with van der Waals surface area (Å²) in [6.07, 6.45) is 1.73. The van der Waals surface area contributed by atoms with Crippen LogP contribution >= 0.6 is 0 Å². The van der Waals surface area contributed by atoms with E-state index < -0.39 is 12.2 Å². The van der Waals surface area contributed by atoms with Crippen LogP contribution in [0.5, 0.6) is 0 Å². The standard InChI is InChI=1S/C15H19NO2/c1-15(2,3)14(18)13(17)11-6-4-5-10-7-8-16-9-12(10)11/h4-9,13-14,17-18H,1-3H3. The molecule has 2 rings (SSSR count). The van der Waals surface area contributed by atoms with Gasteiger partial charge in [0.2, 0.25) is 0 Å². The second-order valence-electron chi connectivity index (χ2n) is 5.70. The Kier molecular flexibility index (Phi) is 3.37. The summed E-state index contributed by atoms with van der Waals surface area (Å²) < 4.78 is 0. The van der Waals surface area contributed by atoms with Crippen molar-refractivity contribution in [3.63, 3.8) is 0 Å². The number of aliphatic hydroxyl groups excluding tert-OH is 2. The highest BCUT2D eigenvalue weighted by molar-refractivity contribution is 5.85. The fourth-order valence-corrected chi connectivity index (χ4v) is 2.04. The molecular formula is C15H19NO2. The minimum absolute atomic E-state index is 0.371. The summed E-state index contributed by atoms with van der Waals surface area (Å²) in [4.78, 5) is 4.08. The molecule has 0 aliphatic heterocycles. The Bertz CT molecular complexity index is 540. The molecule has 0 aliphatic rings. The van der Waals surface area contributed by atoms with Crippen LogP contribution in [0.1, 0.15) is 32.4 Å². The molecule has 2 unspecified atom stereocenters. The minimum Gasteiger partial charge on any atom is -0.390 e. The molecule has 3 nitrogen and oxygen atoms in total. The molecule has 18 heavy (non-hydrogen) atoms. The Morgan fingerprint density at radius 3 is 2.50 bits per heavy atom. The average Bonchev–Trinajstić information content (AvgIpc) is 2.35. The summed E-state index contributed by atoms with van der Waals surface area (Å²) in [5, 5.41) is 22.4. The molecule has 1 heterocycles. The maximum absolute atomic E-state index is 10.3. The fourth-order valence-electron chi connectivity index (χ4n) is 2.04. The van der Waals surface area contributed by atoms with Crippen LogP contribution in [0.3, 0.4) is 0 Å². The van der Waals surface area contributed by atoms with E-state index in [1.54, 1.807) is 12.4 Å². The van der Waals surface area contributed by atoms with Gasteiger partial charge in [-0.15, -0.1) is 0 Å². The smallest absolute Gasteiger partial charge is 0.106 e. The minimum atomic E-state index is -0.905. The number of rotatable bonds is 2. The van der Waals surface area contributed by atoms with Crippen molar-refractivity contribution < 1.29 is 10.2 Å². The summed E-state index contributed by atoms with van der Waals surface area (Å²) in [5.41, 5.74) is 0.354. The van der Waals surface area contributed by atoms with Gasteiger partial charge < -0.3 is 10.2 Å². The van der Waals surface area contributed by atoms with E-state index in [0.717, 1.165) is 16.3 Å². The zero-order valence-corrected chi connectivity index (χ0v) is 11.0. The van der Waals surface area contributed by atoms with Crippen LogP contribution in [-0.4, -0.2) is 21.3 Å². The second kappa shape index (κ2) is 4.67. The average molecular weight is 245 g/mol. The van der Waals surface area contributed by atoms with Gasteiger partial charge in [0.15, 0.2) is 0 Å². The molecule has 0 bridgehead atoms. The Morgan fingerprint density at radius 2 is 1.83 bits per heavy atom. The maximum Gasteiger partial charge on any atom is 0.106 e. The summed E-state index contributed by atoms with van der Waals surface area (Å²) in [6, 6.07) is 7.59. The Labute approximate surface area is 107 Å². The van der Waals surface area contributed by atoms with Crippen LogP contribution in [0.4, 0.5) is 0 Å². The molecule has 1 aromatic heterocycles. The van der Waals surface area contributed by atoms with Crippen molar-refractivity contribution in [1.29, 1.82) is 0 Å². The van der Waals surface area contributed by atoms with Crippen LogP contribution in [0.15, 0.2) is 36.7 Å². The van der Waals surface area contributed by atoms with Gasteiger partial charge in [-0.3, -0.25) is 4.98 Å². The van der Waals surface area contributed by atoms with Crippen LogP contribution < -0.4 is 0 Å². The van der Waals surface area contributed by atoms with E-state index in [4.69, 9.17) is 0 Å². The molecular weight excluding hydrogens is 226 g/mol. The van der Waals surface area contributed by atoms with E-state index in [-0.39, 0.29) is 5.41 Å². The van der Waals surface area contributed by atoms with Gasteiger partial charge >= 0.3 is 0 Å². The zero-order chi connectivity index (χ0) is 13.3.